The van der Waals surface area contributed by atoms with E-state index in [0.717, 1.165) is 12.1 Å². The molecule has 2 rings (SSSR count). The third kappa shape index (κ3) is 3.01. The number of hydrogen-bond donors (Lipinski definition) is 0. The highest BCUT2D eigenvalue weighted by Crippen LogP contribution is 2.32. The van der Waals surface area contributed by atoms with Crippen LogP contribution in [0, 0.1) is 20.2 Å². The molecule has 0 spiro atoms. The summed E-state index contributed by atoms with van der Waals surface area (Å²) in [7, 11) is 0. The molecule has 0 aliphatic heterocycles. The molecule has 2 aromatic rings. The van der Waals surface area contributed by atoms with Crippen LogP contribution in [-0.2, 0) is 0 Å². The van der Waals surface area contributed by atoms with Gasteiger partial charge in [0.15, 0.2) is 0 Å². The average molecular weight is 295 g/mol. The van der Waals surface area contributed by atoms with Crippen molar-refractivity contribution < 1.29 is 14.6 Å². The molecule has 0 aromatic heterocycles. The number of nitro groups is 2. The van der Waals surface area contributed by atoms with Crippen LogP contribution in [0.2, 0.25) is 5.02 Å². The molecule has 0 aliphatic rings. The summed E-state index contributed by atoms with van der Waals surface area (Å²) in [5.74, 6) is 0.544. The topological polar surface area (TPSA) is 95.5 Å². The lowest BCUT2D eigenvalue weighted by molar-refractivity contribution is -0.422. The maximum Gasteiger partial charge on any atom is 0.349 e. The predicted octanol–water partition coefficient (Wildman–Crippen LogP) is 3.95. The fourth-order valence-corrected chi connectivity index (χ4v) is 1.63. The maximum absolute atomic E-state index is 10.8. The van der Waals surface area contributed by atoms with Crippen molar-refractivity contribution >= 4 is 23.0 Å². The summed E-state index contributed by atoms with van der Waals surface area (Å²) in [5.41, 5.74) is -1.21. The third-order valence-corrected chi connectivity index (χ3v) is 2.64. The lowest BCUT2D eigenvalue weighted by Gasteiger charge is -2.05. The highest BCUT2D eigenvalue weighted by Gasteiger charge is 2.24. The molecule has 2 aromatic carbocycles. The Kier molecular flexibility index (Phi) is 3.81. The molecule has 0 aliphatic carbocycles. The van der Waals surface area contributed by atoms with Gasteiger partial charge in [-0.3, -0.25) is 20.2 Å². The van der Waals surface area contributed by atoms with Gasteiger partial charge >= 0.3 is 11.4 Å². The monoisotopic (exact) mass is 294 g/mol. The fourth-order valence-electron chi connectivity index (χ4n) is 1.51. The van der Waals surface area contributed by atoms with Gasteiger partial charge in [-0.2, -0.15) is 0 Å². The normalized spacial score (nSPS) is 10.1. The van der Waals surface area contributed by atoms with Crippen LogP contribution in [0.15, 0.2) is 42.5 Å². The van der Waals surface area contributed by atoms with Crippen molar-refractivity contribution in [3.63, 3.8) is 0 Å². The zero-order valence-electron chi connectivity index (χ0n) is 9.86. The SMILES string of the molecule is O=[N+]([O-])c1ccc(Oc2ccc(Cl)cc2)cc1[N+](=O)[O-]. The van der Waals surface area contributed by atoms with Crippen molar-refractivity contribution in [1.82, 2.24) is 0 Å². The fraction of sp³-hybridized carbons (Fsp3) is 0. The van der Waals surface area contributed by atoms with Crippen molar-refractivity contribution in [2.75, 3.05) is 0 Å². The van der Waals surface area contributed by atoms with Crippen molar-refractivity contribution in [2.24, 2.45) is 0 Å². The Balaban J connectivity index is 2.34. The van der Waals surface area contributed by atoms with Gasteiger partial charge in [-0.25, -0.2) is 0 Å². The van der Waals surface area contributed by atoms with E-state index in [4.69, 9.17) is 16.3 Å². The maximum atomic E-state index is 10.8. The lowest BCUT2D eigenvalue weighted by atomic mass is 10.2. The van der Waals surface area contributed by atoms with Gasteiger partial charge in [-0.05, 0) is 30.3 Å². The van der Waals surface area contributed by atoms with E-state index >= 15 is 0 Å². The van der Waals surface area contributed by atoms with Crippen LogP contribution in [0.25, 0.3) is 0 Å². The molecular formula is C12H7ClN2O5. The van der Waals surface area contributed by atoms with E-state index in [0.29, 0.717) is 10.8 Å². The van der Waals surface area contributed by atoms with Gasteiger partial charge in [0.1, 0.15) is 11.5 Å². The number of ether oxygens (including phenoxy) is 1. The Labute approximate surface area is 117 Å². The second-order valence-electron chi connectivity index (χ2n) is 3.72. The first-order chi connectivity index (χ1) is 9.47. The van der Waals surface area contributed by atoms with Crippen LogP contribution >= 0.6 is 11.6 Å². The van der Waals surface area contributed by atoms with E-state index < -0.39 is 21.2 Å². The highest BCUT2D eigenvalue weighted by atomic mass is 35.5. The summed E-state index contributed by atoms with van der Waals surface area (Å²) >= 11 is 5.72. The van der Waals surface area contributed by atoms with Crippen LogP contribution in [0.4, 0.5) is 11.4 Å². The van der Waals surface area contributed by atoms with E-state index in [1.165, 1.54) is 6.07 Å². The second-order valence-corrected chi connectivity index (χ2v) is 4.16. The standard InChI is InChI=1S/C12H7ClN2O5/c13-8-1-3-9(4-2-8)20-10-5-6-11(14(16)17)12(7-10)15(18)19/h1-7H. The van der Waals surface area contributed by atoms with E-state index in [1.54, 1.807) is 24.3 Å². The average Bonchev–Trinajstić information content (AvgIpc) is 2.41. The zero-order valence-corrected chi connectivity index (χ0v) is 10.6. The van der Waals surface area contributed by atoms with Gasteiger partial charge in [-0.1, -0.05) is 11.6 Å². The summed E-state index contributed by atoms with van der Waals surface area (Å²) in [5, 5.41) is 22.0. The molecule has 0 N–H and O–H groups in total. The van der Waals surface area contributed by atoms with E-state index in [9.17, 15) is 20.2 Å². The van der Waals surface area contributed by atoms with Gasteiger partial charge < -0.3 is 4.74 Å². The first-order valence-electron chi connectivity index (χ1n) is 5.33. The minimum absolute atomic E-state index is 0.129. The van der Waals surface area contributed by atoms with Crippen molar-refractivity contribution in [3.8, 4) is 11.5 Å². The van der Waals surface area contributed by atoms with Crippen LogP contribution in [0.3, 0.4) is 0 Å². The largest absolute Gasteiger partial charge is 0.457 e. The smallest absolute Gasteiger partial charge is 0.349 e. The number of rotatable bonds is 4. The first-order valence-corrected chi connectivity index (χ1v) is 5.71. The molecule has 0 bridgehead atoms. The minimum Gasteiger partial charge on any atom is -0.457 e. The summed E-state index contributed by atoms with van der Waals surface area (Å²) in [6.07, 6.45) is 0. The molecule has 0 saturated heterocycles. The third-order valence-electron chi connectivity index (χ3n) is 2.39. The molecule has 20 heavy (non-hydrogen) atoms. The van der Waals surface area contributed by atoms with Gasteiger partial charge in [0.05, 0.1) is 15.9 Å². The van der Waals surface area contributed by atoms with Crippen LogP contribution < -0.4 is 4.74 Å². The molecule has 8 heteroatoms. The first kappa shape index (κ1) is 13.8. The number of hydrogen-bond acceptors (Lipinski definition) is 5. The van der Waals surface area contributed by atoms with E-state index in [2.05, 4.69) is 0 Å². The molecule has 0 heterocycles. The van der Waals surface area contributed by atoms with Crippen LogP contribution in [0.5, 0.6) is 11.5 Å². The predicted molar refractivity (Wildman–Crippen MR) is 71.3 cm³/mol. The molecule has 0 unspecified atom stereocenters. The Hall–Kier alpha value is -2.67. The molecular weight excluding hydrogens is 288 g/mol. The number of nitrogens with zero attached hydrogens (tertiary/aromatic N) is 2. The van der Waals surface area contributed by atoms with Crippen molar-refractivity contribution in [3.05, 3.63) is 67.7 Å². The molecule has 102 valence electrons. The Morgan fingerprint density at radius 3 is 1.95 bits per heavy atom. The summed E-state index contributed by atoms with van der Waals surface area (Å²) < 4.78 is 5.37. The van der Waals surface area contributed by atoms with Crippen molar-refractivity contribution in [2.45, 2.75) is 0 Å². The number of benzene rings is 2. The Morgan fingerprint density at radius 1 is 0.850 bits per heavy atom. The van der Waals surface area contributed by atoms with Gasteiger partial charge in [0.25, 0.3) is 0 Å². The van der Waals surface area contributed by atoms with E-state index in [-0.39, 0.29) is 5.75 Å². The molecule has 0 amide bonds. The van der Waals surface area contributed by atoms with Crippen LogP contribution in [0.1, 0.15) is 0 Å². The van der Waals surface area contributed by atoms with Gasteiger partial charge in [-0.15, -0.1) is 0 Å². The highest BCUT2D eigenvalue weighted by molar-refractivity contribution is 6.30. The Morgan fingerprint density at radius 2 is 1.40 bits per heavy atom. The molecule has 0 saturated carbocycles. The Bertz CT molecular complexity index is 672. The molecule has 0 atom stereocenters. The van der Waals surface area contributed by atoms with Gasteiger partial charge in [0.2, 0.25) is 0 Å². The quantitative estimate of drug-likeness (QED) is 0.628. The van der Waals surface area contributed by atoms with Crippen molar-refractivity contribution in [1.29, 1.82) is 0 Å². The number of halogens is 1. The summed E-state index contributed by atoms with van der Waals surface area (Å²) in [6, 6.07) is 9.68. The minimum atomic E-state index is -0.827. The zero-order chi connectivity index (χ0) is 14.7. The molecule has 0 radical (unpaired) electrons. The van der Waals surface area contributed by atoms with E-state index in [1.807, 2.05) is 0 Å². The second kappa shape index (κ2) is 5.54. The molecule has 0 fully saturated rings. The lowest BCUT2D eigenvalue weighted by Crippen LogP contribution is -1.97. The number of nitro benzene ring substituents is 2. The molecule has 7 nitrogen and oxygen atoms in total. The van der Waals surface area contributed by atoms with Crippen LogP contribution in [-0.4, -0.2) is 9.85 Å². The summed E-state index contributed by atoms with van der Waals surface area (Å²) in [6.45, 7) is 0. The van der Waals surface area contributed by atoms with Gasteiger partial charge in [0, 0.05) is 11.1 Å². The summed E-state index contributed by atoms with van der Waals surface area (Å²) in [4.78, 5) is 19.8.